The van der Waals surface area contributed by atoms with E-state index >= 15 is 0 Å². The van der Waals surface area contributed by atoms with Crippen molar-refractivity contribution in [3.8, 4) is 11.5 Å². The molecule has 24 heavy (non-hydrogen) atoms. The Morgan fingerprint density at radius 1 is 1.08 bits per heavy atom. The highest BCUT2D eigenvalue weighted by molar-refractivity contribution is 5.96. The van der Waals surface area contributed by atoms with E-state index in [0.717, 1.165) is 17.7 Å². The van der Waals surface area contributed by atoms with Crippen LogP contribution in [0.3, 0.4) is 0 Å². The van der Waals surface area contributed by atoms with Gasteiger partial charge in [0.05, 0.1) is 12.0 Å². The molecular weight excluding hydrogens is 318 g/mol. The van der Waals surface area contributed by atoms with Crippen molar-refractivity contribution >= 4 is 5.78 Å². The van der Waals surface area contributed by atoms with E-state index in [9.17, 15) is 13.6 Å². The molecule has 0 radical (unpaired) electrons. The summed E-state index contributed by atoms with van der Waals surface area (Å²) in [5.41, 5.74) is 1.24. The molecule has 3 rings (SSSR count). The fraction of sp³-hybridized carbons (Fsp3) is 0.118. The van der Waals surface area contributed by atoms with Crippen molar-refractivity contribution in [2.24, 2.45) is 0 Å². The highest BCUT2D eigenvalue weighted by Crippen LogP contribution is 2.23. The second-order valence-electron chi connectivity index (χ2n) is 5.08. The fourth-order valence-corrected chi connectivity index (χ4v) is 2.17. The number of hydrogen-bond acceptors (Lipinski definition) is 5. The molecule has 0 atom stereocenters. The van der Waals surface area contributed by atoms with Crippen LogP contribution in [-0.4, -0.2) is 27.7 Å². The maximum absolute atomic E-state index is 13.7. The van der Waals surface area contributed by atoms with Gasteiger partial charge in [-0.3, -0.25) is 4.79 Å². The molecule has 1 aromatic heterocycles. The molecule has 2 aromatic carbocycles. The SMILES string of the molecule is O=C(CO)c1ccc(Cc2nnc(-c3ccc(F)cc3F)o2)cc1. The zero-order valence-corrected chi connectivity index (χ0v) is 12.4. The Balaban J connectivity index is 1.77. The van der Waals surface area contributed by atoms with Crippen LogP contribution in [0.2, 0.25) is 0 Å². The van der Waals surface area contributed by atoms with Crippen molar-refractivity contribution in [1.29, 1.82) is 0 Å². The van der Waals surface area contributed by atoms with Crippen molar-refractivity contribution in [2.75, 3.05) is 6.61 Å². The first-order valence-corrected chi connectivity index (χ1v) is 7.07. The highest BCUT2D eigenvalue weighted by atomic mass is 19.1. The largest absolute Gasteiger partial charge is 0.420 e. The van der Waals surface area contributed by atoms with Gasteiger partial charge in [-0.15, -0.1) is 10.2 Å². The normalized spacial score (nSPS) is 10.8. The molecule has 0 amide bonds. The number of hydrogen-bond donors (Lipinski definition) is 1. The van der Waals surface area contributed by atoms with Crippen molar-refractivity contribution in [1.82, 2.24) is 10.2 Å². The lowest BCUT2D eigenvalue weighted by Gasteiger charge is -2.00. The Morgan fingerprint density at radius 2 is 1.83 bits per heavy atom. The van der Waals surface area contributed by atoms with E-state index in [-0.39, 0.29) is 23.1 Å². The van der Waals surface area contributed by atoms with Crippen LogP contribution in [0, 0.1) is 11.6 Å². The second-order valence-corrected chi connectivity index (χ2v) is 5.08. The number of Topliss-reactive ketones (excluding diaryl/α,β-unsaturated/α-hetero) is 1. The van der Waals surface area contributed by atoms with Crippen molar-refractivity contribution < 1.29 is 23.1 Å². The van der Waals surface area contributed by atoms with Crippen LogP contribution in [0.4, 0.5) is 8.78 Å². The van der Waals surface area contributed by atoms with Crippen LogP contribution in [-0.2, 0) is 6.42 Å². The van der Waals surface area contributed by atoms with E-state index in [1.54, 1.807) is 24.3 Å². The molecule has 5 nitrogen and oxygen atoms in total. The van der Waals surface area contributed by atoms with Crippen LogP contribution in [0.5, 0.6) is 0 Å². The van der Waals surface area contributed by atoms with Gasteiger partial charge in [-0.05, 0) is 17.7 Å². The number of halogens is 2. The van der Waals surface area contributed by atoms with E-state index in [1.165, 1.54) is 6.07 Å². The third kappa shape index (κ3) is 3.36. The standard InChI is InChI=1S/C17H12F2N2O3/c18-12-5-6-13(14(19)8-12)17-21-20-16(24-17)7-10-1-3-11(4-2-10)15(23)9-22/h1-6,8,22H,7,9H2. The Bertz CT molecular complexity index is 876. The number of rotatable bonds is 5. The van der Waals surface area contributed by atoms with Gasteiger partial charge in [0.15, 0.2) is 5.78 Å². The van der Waals surface area contributed by atoms with Gasteiger partial charge in [-0.25, -0.2) is 8.78 Å². The summed E-state index contributed by atoms with van der Waals surface area (Å²) >= 11 is 0. The van der Waals surface area contributed by atoms with Crippen molar-refractivity contribution in [3.63, 3.8) is 0 Å². The summed E-state index contributed by atoms with van der Waals surface area (Å²) in [6.07, 6.45) is 0.295. The minimum absolute atomic E-state index is 0.0269. The van der Waals surface area contributed by atoms with E-state index < -0.39 is 18.2 Å². The summed E-state index contributed by atoms with van der Waals surface area (Å²) < 4.78 is 32.0. The predicted molar refractivity (Wildman–Crippen MR) is 80.3 cm³/mol. The molecular formula is C17H12F2N2O3. The lowest BCUT2D eigenvalue weighted by atomic mass is 10.1. The molecule has 0 aliphatic heterocycles. The Morgan fingerprint density at radius 3 is 2.50 bits per heavy atom. The van der Waals surface area contributed by atoms with Gasteiger partial charge in [0.25, 0.3) is 5.89 Å². The number of aliphatic hydroxyl groups is 1. The molecule has 0 bridgehead atoms. The third-order valence-corrected chi connectivity index (χ3v) is 3.40. The number of carbonyl (C=O) groups excluding carboxylic acids is 1. The Hall–Kier alpha value is -2.93. The first-order chi connectivity index (χ1) is 11.6. The van der Waals surface area contributed by atoms with Gasteiger partial charge in [0.2, 0.25) is 5.89 Å². The van der Waals surface area contributed by atoms with E-state index in [0.29, 0.717) is 12.0 Å². The molecule has 0 fully saturated rings. The molecule has 122 valence electrons. The summed E-state index contributed by atoms with van der Waals surface area (Å²) in [6, 6.07) is 9.67. The number of ketones is 1. The van der Waals surface area contributed by atoms with Crippen LogP contribution in [0.25, 0.3) is 11.5 Å². The predicted octanol–water partition coefficient (Wildman–Crippen LogP) is 2.78. The molecule has 0 aliphatic rings. The van der Waals surface area contributed by atoms with Crippen LogP contribution >= 0.6 is 0 Å². The summed E-state index contributed by atoms with van der Waals surface area (Å²) in [7, 11) is 0. The van der Waals surface area contributed by atoms with Crippen LogP contribution in [0.15, 0.2) is 46.9 Å². The zero-order valence-electron chi connectivity index (χ0n) is 12.4. The minimum atomic E-state index is -0.780. The van der Waals surface area contributed by atoms with Gasteiger partial charge in [-0.2, -0.15) is 0 Å². The monoisotopic (exact) mass is 330 g/mol. The lowest BCUT2D eigenvalue weighted by Crippen LogP contribution is -2.04. The number of benzene rings is 2. The first-order valence-electron chi connectivity index (χ1n) is 7.07. The van der Waals surface area contributed by atoms with E-state index in [1.807, 2.05) is 0 Å². The summed E-state index contributed by atoms with van der Waals surface area (Å²) in [6.45, 7) is -0.546. The maximum Gasteiger partial charge on any atom is 0.250 e. The number of aliphatic hydroxyl groups excluding tert-OH is 1. The van der Waals surface area contributed by atoms with Crippen molar-refractivity contribution in [3.05, 3.63) is 71.1 Å². The molecule has 1 N–H and O–H groups in total. The second kappa shape index (κ2) is 6.67. The maximum atomic E-state index is 13.7. The first kappa shape index (κ1) is 15.9. The average Bonchev–Trinajstić information content (AvgIpc) is 3.03. The lowest BCUT2D eigenvalue weighted by molar-refractivity contribution is 0.0903. The van der Waals surface area contributed by atoms with Crippen LogP contribution < -0.4 is 0 Å². The zero-order chi connectivity index (χ0) is 17.1. The molecule has 7 heteroatoms. The molecule has 1 heterocycles. The number of aromatic nitrogens is 2. The van der Waals surface area contributed by atoms with Gasteiger partial charge in [-0.1, -0.05) is 24.3 Å². The Kier molecular flexibility index (Phi) is 4.43. The molecule has 0 saturated heterocycles. The topological polar surface area (TPSA) is 76.2 Å². The molecule has 0 spiro atoms. The molecule has 3 aromatic rings. The van der Waals surface area contributed by atoms with E-state index in [2.05, 4.69) is 10.2 Å². The smallest absolute Gasteiger partial charge is 0.250 e. The summed E-state index contributed by atoms with van der Waals surface area (Å²) in [5.74, 6) is -1.61. The van der Waals surface area contributed by atoms with Gasteiger partial charge in [0.1, 0.15) is 18.2 Å². The summed E-state index contributed by atoms with van der Waals surface area (Å²) in [4.78, 5) is 11.3. The van der Waals surface area contributed by atoms with Gasteiger partial charge < -0.3 is 9.52 Å². The number of carbonyl (C=O) groups is 1. The summed E-state index contributed by atoms with van der Waals surface area (Å²) in [5, 5.41) is 16.4. The fourth-order valence-electron chi connectivity index (χ4n) is 2.17. The third-order valence-electron chi connectivity index (χ3n) is 3.40. The van der Waals surface area contributed by atoms with Crippen molar-refractivity contribution in [2.45, 2.75) is 6.42 Å². The minimum Gasteiger partial charge on any atom is -0.420 e. The van der Waals surface area contributed by atoms with Gasteiger partial charge in [0, 0.05) is 11.6 Å². The Labute approximate surface area is 135 Å². The average molecular weight is 330 g/mol. The van der Waals surface area contributed by atoms with Gasteiger partial charge >= 0.3 is 0 Å². The van der Waals surface area contributed by atoms with E-state index in [4.69, 9.17) is 9.52 Å². The van der Waals surface area contributed by atoms with Crippen LogP contribution in [0.1, 0.15) is 21.8 Å². The quantitative estimate of drug-likeness (QED) is 0.728. The molecule has 0 saturated carbocycles. The number of nitrogens with zero attached hydrogens (tertiary/aromatic N) is 2. The highest BCUT2D eigenvalue weighted by Gasteiger charge is 2.14. The molecule has 0 unspecified atom stereocenters. The molecule has 0 aliphatic carbocycles.